The van der Waals surface area contributed by atoms with Crippen molar-refractivity contribution in [1.29, 1.82) is 0 Å². The van der Waals surface area contributed by atoms with Crippen LogP contribution >= 0.6 is 0 Å². The van der Waals surface area contributed by atoms with Crippen LogP contribution < -0.4 is 11.1 Å². The lowest BCUT2D eigenvalue weighted by Gasteiger charge is -2.17. The van der Waals surface area contributed by atoms with Gasteiger partial charge in [-0.05, 0) is 31.6 Å². The van der Waals surface area contributed by atoms with Gasteiger partial charge >= 0.3 is 0 Å². The molecule has 2 saturated carbocycles. The summed E-state index contributed by atoms with van der Waals surface area (Å²) in [6.45, 7) is 0.389. The normalized spacial score (nSPS) is 22.9. The molecule has 0 saturated heterocycles. The van der Waals surface area contributed by atoms with Crippen molar-refractivity contribution in [1.82, 2.24) is 5.32 Å². The van der Waals surface area contributed by atoms with Crippen LogP contribution in [0.5, 0.6) is 0 Å². The highest BCUT2D eigenvalue weighted by Gasteiger charge is 2.34. The third-order valence-electron chi connectivity index (χ3n) is 3.93. The molecule has 0 aromatic carbocycles. The van der Waals surface area contributed by atoms with Gasteiger partial charge in [0.05, 0.1) is 5.25 Å². The summed E-state index contributed by atoms with van der Waals surface area (Å²) in [5.41, 5.74) is 5.58. The molecule has 6 heteroatoms. The number of nitrogens with one attached hydrogen (secondary N) is 1. The van der Waals surface area contributed by atoms with Gasteiger partial charge in [-0.15, -0.1) is 0 Å². The van der Waals surface area contributed by atoms with Crippen LogP contribution in [-0.4, -0.2) is 37.9 Å². The molecule has 2 rings (SSSR count). The molecule has 0 aromatic rings. The molecule has 0 heterocycles. The van der Waals surface area contributed by atoms with Crippen molar-refractivity contribution >= 4 is 15.7 Å². The number of rotatable bonds is 6. The molecule has 0 radical (unpaired) electrons. The molecule has 0 aromatic heterocycles. The second-order valence-corrected chi connectivity index (χ2v) is 7.74. The average Bonchev–Trinajstić information content (AvgIpc) is 2.98. The molecule has 2 fully saturated rings. The van der Waals surface area contributed by atoms with Gasteiger partial charge in [0.1, 0.15) is 5.75 Å². The van der Waals surface area contributed by atoms with Crippen LogP contribution in [0.1, 0.15) is 38.5 Å². The van der Waals surface area contributed by atoms with Crippen LogP contribution in [0.15, 0.2) is 0 Å². The number of nitrogens with two attached hydrogens (primary N) is 1. The first-order valence-corrected chi connectivity index (χ1v) is 8.45. The van der Waals surface area contributed by atoms with Crippen molar-refractivity contribution in [2.75, 3.05) is 12.3 Å². The Labute approximate surface area is 108 Å². The Bertz CT molecular complexity index is 398. The first-order chi connectivity index (χ1) is 8.53. The van der Waals surface area contributed by atoms with Crippen LogP contribution in [0.3, 0.4) is 0 Å². The molecule has 3 N–H and O–H groups in total. The van der Waals surface area contributed by atoms with E-state index in [1.54, 1.807) is 0 Å². The van der Waals surface area contributed by atoms with Gasteiger partial charge in [0.2, 0.25) is 5.91 Å². The van der Waals surface area contributed by atoms with Crippen molar-refractivity contribution in [2.45, 2.75) is 49.8 Å². The molecule has 2 aliphatic rings. The Morgan fingerprint density at radius 3 is 2.33 bits per heavy atom. The third-order valence-corrected chi connectivity index (χ3v) is 6.09. The highest BCUT2D eigenvalue weighted by molar-refractivity contribution is 7.92. The van der Waals surface area contributed by atoms with Gasteiger partial charge in [0.25, 0.3) is 0 Å². The molecule has 104 valence electrons. The van der Waals surface area contributed by atoms with E-state index in [9.17, 15) is 13.2 Å². The topological polar surface area (TPSA) is 89.3 Å². The van der Waals surface area contributed by atoms with Crippen LogP contribution in [-0.2, 0) is 14.6 Å². The zero-order chi connectivity index (χ0) is 13.2. The molecular weight excluding hydrogens is 252 g/mol. The average molecular weight is 274 g/mol. The second kappa shape index (κ2) is 5.57. The van der Waals surface area contributed by atoms with E-state index in [-0.39, 0.29) is 23.0 Å². The van der Waals surface area contributed by atoms with Crippen molar-refractivity contribution in [3.05, 3.63) is 0 Å². The minimum Gasteiger partial charge on any atom is -0.351 e. The Balaban J connectivity index is 1.85. The van der Waals surface area contributed by atoms with Crippen LogP contribution in [0, 0.1) is 5.92 Å². The van der Waals surface area contributed by atoms with E-state index in [1.807, 2.05) is 0 Å². The van der Waals surface area contributed by atoms with Crippen molar-refractivity contribution in [2.24, 2.45) is 11.7 Å². The van der Waals surface area contributed by atoms with Crippen molar-refractivity contribution in [3.63, 3.8) is 0 Å². The van der Waals surface area contributed by atoms with Gasteiger partial charge in [0, 0.05) is 12.6 Å². The highest BCUT2D eigenvalue weighted by atomic mass is 32.2. The standard InChI is InChI=1S/C12H22N2O3S/c13-7-11(9-5-6-9)14-12(15)8-18(16,17)10-3-1-2-4-10/h9-11H,1-8,13H2,(H,14,15). The highest BCUT2D eigenvalue weighted by Crippen LogP contribution is 2.32. The van der Waals surface area contributed by atoms with E-state index >= 15 is 0 Å². The fraction of sp³-hybridized carbons (Fsp3) is 0.917. The Morgan fingerprint density at radius 2 is 1.83 bits per heavy atom. The predicted molar refractivity (Wildman–Crippen MR) is 69.8 cm³/mol. The summed E-state index contributed by atoms with van der Waals surface area (Å²) in [6.07, 6.45) is 5.49. The van der Waals surface area contributed by atoms with E-state index in [2.05, 4.69) is 5.32 Å². The molecule has 1 unspecified atom stereocenters. The lowest BCUT2D eigenvalue weighted by Crippen LogP contribution is -2.45. The van der Waals surface area contributed by atoms with Crippen molar-refractivity contribution in [3.8, 4) is 0 Å². The smallest absolute Gasteiger partial charge is 0.235 e. The predicted octanol–water partition coefficient (Wildman–Crippen LogP) is 0.197. The molecule has 5 nitrogen and oxygen atoms in total. The van der Waals surface area contributed by atoms with E-state index in [4.69, 9.17) is 5.73 Å². The number of carbonyl (C=O) groups excluding carboxylic acids is 1. The van der Waals surface area contributed by atoms with Crippen LogP contribution in [0.2, 0.25) is 0 Å². The van der Waals surface area contributed by atoms with Crippen LogP contribution in [0.4, 0.5) is 0 Å². The van der Waals surface area contributed by atoms with Gasteiger partial charge in [-0.3, -0.25) is 4.79 Å². The summed E-state index contributed by atoms with van der Waals surface area (Å²) >= 11 is 0. The van der Waals surface area contributed by atoms with Gasteiger partial charge in [-0.1, -0.05) is 12.8 Å². The number of amides is 1. The lowest BCUT2D eigenvalue weighted by atomic mass is 10.2. The van der Waals surface area contributed by atoms with Gasteiger partial charge in [-0.25, -0.2) is 8.42 Å². The van der Waals surface area contributed by atoms with Crippen molar-refractivity contribution < 1.29 is 13.2 Å². The zero-order valence-electron chi connectivity index (χ0n) is 10.6. The monoisotopic (exact) mass is 274 g/mol. The minimum atomic E-state index is -3.27. The fourth-order valence-corrected chi connectivity index (χ4v) is 4.40. The maximum absolute atomic E-state index is 12.0. The first-order valence-electron chi connectivity index (χ1n) is 6.74. The van der Waals surface area contributed by atoms with Crippen LogP contribution in [0.25, 0.3) is 0 Å². The van der Waals surface area contributed by atoms with Gasteiger partial charge in [0.15, 0.2) is 9.84 Å². The first kappa shape index (κ1) is 13.8. The van der Waals surface area contributed by atoms with Gasteiger partial charge < -0.3 is 11.1 Å². The lowest BCUT2D eigenvalue weighted by molar-refractivity contribution is -0.119. The number of carbonyl (C=O) groups is 1. The zero-order valence-corrected chi connectivity index (χ0v) is 11.4. The molecule has 2 aliphatic carbocycles. The second-order valence-electron chi connectivity index (χ2n) is 5.46. The number of sulfone groups is 1. The maximum Gasteiger partial charge on any atom is 0.235 e. The van der Waals surface area contributed by atoms with Gasteiger partial charge in [-0.2, -0.15) is 0 Å². The summed E-state index contributed by atoms with van der Waals surface area (Å²) in [6, 6.07) is -0.0451. The molecule has 0 spiro atoms. The molecule has 1 amide bonds. The number of hydrogen-bond donors (Lipinski definition) is 2. The Kier molecular flexibility index (Phi) is 4.27. The van der Waals surface area contributed by atoms with E-state index in [0.29, 0.717) is 25.3 Å². The Hall–Kier alpha value is -0.620. The molecular formula is C12H22N2O3S. The quantitative estimate of drug-likeness (QED) is 0.724. The largest absolute Gasteiger partial charge is 0.351 e. The molecule has 0 aliphatic heterocycles. The summed E-state index contributed by atoms with van der Waals surface area (Å²) in [5.74, 6) is -0.307. The summed E-state index contributed by atoms with van der Waals surface area (Å²) < 4.78 is 24.0. The molecule has 18 heavy (non-hydrogen) atoms. The molecule has 0 bridgehead atoms. The summed E-state index contributed by atoms with van der Waals surface area (Å²) in [7, 11) is -3.27. The third kappa shape index (κ3) is 3.45. The summed E-state index contributed by atoms with van der Waals surface area (Å²) in [5, 5.41) is 2.46. The SMILES string of the molecule is NCC(NC(=O)CS(=O)(=O)C1CCCC1)C1CC1. The number of hydrogen-bond acceptors (Lipinski definition) is 4. The fourth-order valence-electron chi connectivity index (χ4n) is 2.66. The Morgan fingerprint density at radius 1 is 1.22 bits per heavy atom. The maximum atomic E-state index is 12.0. The van der Waals surface area contributed by atoms with E-state index < -0.39 is 9.84 Å². The minimum absolute atomic E-state index is 0.0451. The molecule has 1 atom stereocenters. The summed E-state index contributed by atoms with van der Waals surface area (Å²) in [4.78, 5) is 11.8. The van der Waals surface area contributed by atoms with E-state index in [1.165, 1.54) is 0 Å². The van der Waals surface area contributed by atoms with E-state index in [0.717, 1.165) is 25.7 Å².